The van der Waals surface area contributed by atoms with E-state index in [9.17, 15) is 0 Å². The average Bonchev–Trinajstić information content (AvgIpc) is 2.66. The minimum absolute atomic E-state index is 0.308. The molecule has 5 heteroatoms. The number of nitrogens with zero attached hydrogens (tertiary/aromatic N) is 3. The Morgan fingerprint density at radius 1 is 1.50 bits per heavy atom. The highest BCUT2D eigenvalue weighted by Gasteiger charge is 2.13. The quantitative estimate of drug-likeness (QED) is 0.624. The summed E-state index contributed by atoms with van der Waals surface area (Å²) in [6.07, 6.45) is 3.48. The summed E-state index contributed by atoms with van der Waals surface area (Å²) in [5.41, 5.74) is 1.29. The molecule has 3 heterocycles. The van der Waals surface area contributed by atoms with E-state index in [1.165, 1.54) is 0 Å². The van der Waals surface area contributed by atoms with E-state index in [2.05, 4.69) is 19.9 Å². The molecule has 3 rings (SSSR count). The summed E-state index contributed by atoms with van der Waals surface area (Å²) in [5, 5.41) is 11.7. The summed E-state index contributed by atoms with van der Waals surface area (Å²) >= 11 is 0. The van der Waals surface area contributed by atoms with Crippen LogP contribution in [0, 0.1) is 5.41 Å². The molecule has 70 valence electrons. The van der Waals surface area contributed by atoms with Crippen LogP contribution in [0.15, 0.2) is 18.5 Å². The van der Waals surface area contributed by atoms with Gasteiger partial charge in [0.1, 0.15) is 0 Å². The summed E-state index contributed by atoms with van der Waals surface area (Å²) < 4.78 is 2.06. The highest BCUT2D eigenvalue weighted by atomic mass is 15.2. The van der Waals surface area contributed by atoms with Crippen molar-refractivity contribution in [3.8, 4) is 0 Å². The third-order valence-corrected chi connectivity index (χ3v) is 2.44. The fourth-order valence-corrected chi connectivity index (χ4v) is 1.78. The van der Waals surface area contributed by atoms with Gasteiger partial charge in [-0.05, 0) is 6.07 Å². The van der Waals surface area contributed by atoms with Gasteiger partial charge in [-0.2, -0.15) is 4.98 Å². The number of anilines is 1. The van der Waals surface area contributed by atoms with Crippen molar-refractivity contribution in [3.05, 3.63) is 23.9 Å². The standard InChI is InChI=1S/C9H9N5/c10-8-6-1-2-11-5-7(6)14-4-3-12-9(14)13-8/h1-2,5H,3-4H2,(H2,10,12,13). The van der Waals surface area contributed by atoms with Crippen LogP contribution in [0.1, 0.15) is 0 Å². The van der Waals surface area contributed by atoms with Crippen molar-refractivity contribution in [3.63, 3.8) is 0 Å². The molecule has 0 amide bonds. The molecule has 0 fully saturated rings. The maximum Gasteiger partial charge on any atom is 0.205 e. The largest absolute Gasteiger partial charge is 0.354 e. The Balaban J connectivity index is 2.53. The van der Waals surface area contributed by atoms with Gasteiger partial charge in [-0.1, -0.05) is 0 Å². The van der Waals surface area contributed by atoms with Gasteiger partial charge in [0.2, 0.25) is 5.95 Å². The first-order chi connectivity index (χ1) is 6.86. The van der Waals surface area contributed by atoms with Crippen LogP contribution < -0.4 is 10.8 Å². The maximum absolute atomic E-state index is 7.74. The second-order valence-electron chi connectivity index (χ2n) is 3.26. The van der Waals surface area contributed by atoms with E-state index >= 15 is 0 Å². The summed E-state index contributed by atoms with van der Waals surface area (Å²) in [4.78, 5) is 8.24. The van der Waals surface area contributed by atoms with E-state index in [1.54, 1.807) is 12.4 Å². The maximum atomic E-state index is 7.74. The van der Waals surface area contributed by atoms with Crippen LogP contribution in [-0.2, 0) is 6.54 Å². The minimum Gasteiger partial charge on any atom is -0.354 e. The van der Waals surface area contributed by atoms with Crippen molar-refractivity contribution < 1.29 is 0 Å². The van der Waals surface area contributed by atoms with E-state index in [1.807, 2.05) is 6.07 Å². The van der Waals surface area contributed by atoms with E-state index < -0.39 is 0 Å². The molecule has 0 bridgehead atoms. The van der Waals surface area contributed by atoms with Crippen LogP contribution in [0.5, 0.6) is 0 Å². The zero-order valence-corrected chi connectivity index (χ0v) is 7.49. The molecule has 0 aromatic carbocycles. The van der Waals surface area contributed by atoms with Gasteiger partial charge >= 0.3 is 0 Å². The third kappa shape index (κ3) is 0.863. The van der Waals surface area contributed by atoms with Gasteiger partial charge in [0, 0.05) is 24.7 Å². The van der Waals surface area contributed by atoms with E-state index in [-0.39, 0.29) is 0 Å². The Bertz CT molecular complexity index is 557. The van der Waals surface area contributed by atoms with Crippen LogP contribution >= 0.6 is 0 Å². The first-order valence-corrected chi connectivity index (χ1v) is 4.49. The molecule has 0 spiro atoms. The lowest BCUT2D eigenvalue weighted by atomic mass is 10.3. The zero-order valence-electron chi connectivity index (χ0n) is 7.49. The molecular formula is C9H9N5. The van der Waals surface area contributed by atoms with E-state index in [0.29, 0.717) is 5.49 Å². The highest BCUT2D eigenvalue weighted by molar-refractivity contribution is 5.78. The first-order valence-electron chi connectivity index (χ1n) is 4.49. The van der Waals surface area contributed by atoms with E-state index in [4.69, 9.17) is 5.41 Å². The zero-order chi connectivity index (χ0) is 9.54. The lowest BCUT2D eigenvalue weighted by Gasteiger charge is -2.06. The number of nitrogens with one attached hydrogen (secondary N) is 2. The molecule has 1 aliphatic heterocycles. The molecule has 5 nitrogen and oxygen atoms in total. The van der Waals surface area contributed by atoms with E-state index in [0.717, 1.165) is 29.9 Å². The summed E-state index contributed by atoms with van der Waals surface area (Å²) in [6, 6.07) is 1.83. The summed E-state index contributed by atoms with van der Waals surface area (Å²) in [6.45, 7) is 1.77. The number of hydrogen-bond donors (Lipinski definition) is 2. The van der Waals surface area contributed by atoms with Crippen molar-refractivity contribution in [2.45, 2.75) is 6.54 Å². The van der Waals surface area contributed by atoms with Crippen molar-refractivity contribution in [1.29, 1.82) is 5.41 Å². The number of rotatable bonds is 0. The molecule has 1 aliphatic rings. The van der Waals surface area contributed by atoms with Crippen LogP contribution in [0.4, 0.5) is 5.95 Å². The molecule has 14 heavy (non-hydrogen) atoms. The molecule has 0 aliphatic carbocycles. The smallest absolute Gasteiger partial charge is 0.205 e. The Labute approximate surface area is 79.9 Å². The fraction of sp³-hybridized carbons (Fsp3) is 0.222. The second kappa shape index (κ2) is 2.54. The Kier molecular flexibility index (Phi) is 1.36. The summed E-state index contributed by atoms with van der Waals surface area (Å²) in [5.74, 6) is 0.774. The van der Waals surface area contributed by atoms with Gasteiger partial charge in [-0.3, -0.25) is 10.4 Å². The van der Waals surface area contributed by atoms with Crippen LogP contribution in [-0.4, -0.2) is 21.1 Å². The van der Waals surface area contributed by atoms with Crippen molar-refractivity contribution in [2.24, 2.45) is 0 Å². The van der Waals surface area contributed by atoms with Crippen LogP contribution in [0.2, 0.25) is 0 Å². The van der Waals surface area contributed by atoms with Crippen molar-refractivity contribution >= 4 is 16.9 Å². The lowest BCUT2D eigenvalue weighted by molar-refractivity contribution is 0.818. The Morgan fingerprint density at radius 2 is 2.43 bits per heavy atom. The monoisotopic (exact) mass is 187 g/mol. The SMILES string of the molecule is N=c1nc2n(c3cnccc13)CCN2. The topological polar surface area (TPSA) is 66.6 Å². The number of aromatic nitrogens is 3. The minimum atomic E-state index is 0.308. The van der Waals surface area contributed by atoms with Crippen molar-refractivity contribution in [1.82, 2.24) is 14.5 Å². The Hall–Kier alpha value is -1.91. The molecule has 0 saturated heterocycles. The first kappa shape index (κ1) is 7.49. The third-order valence-electron chi connectivity index (χ3n) is 2.44. The number of fused-ring (bicyclic) bond motifs is 3. The lowest BCUT2D eigenvalue weighted by Crippen LogP contribution is -2.12. The van der Waals surface area contributed by atoms with Crippen LogP contribution in [0.25, 0.3) is 10.9 Å². The number of hydrogen-bond acceptors (Lipinski definition) is 4. The average molecular weight is 187 g/mol. The molecule has 2 aromatic rings. The predicted octanol–water partition coefficient (Wildman–Crippen LogP) is 0.336. The Morgan fingerprint density at radius 3 is 3.36 bits per heavy atom. The van der Waals surface area contributed by atoms with Gasteiger partial charge < -0.3 is 9.88 Å². The van der Waals surface area contributed by atoms with Gasteiger partial charge in [0.05, 0.1) is 11.7 Å². The predicted molar refractivity (Wildman–Crippen MR) is 51.9 cm³/mol. The molecule has 0 atom stereocenters. The van der Waals surface area contributed by atoms with Gasteiger partial charge in [-0.15, -0.1) is 0 Å². The van der Waals surface area contributed by atoms with Crippen molar-refractivity contribution in [2.75, 3.05) is 11.9 Å². The van der Waals surface area contributed by atoms with Gasteiger partial charge in [-0.25, -0.2) is 0 Å². The van der Waals surface area contributed by atoms with Gasteiger partial charge in [0.25, 0.3) is 0 Å². The molecule has 0 radical (unpaired) electrons. The second-order valence-corrected chi connectivity index (χ2v) is 3.26. The molecule has 0 saturated carbocycles. The fourth-order valence-electron chi connectivity index (χ4n) is 1.78. The number of pyridine rings is 1. The highest BCUT2D eigenvalue weighted by Crippen LogP contribution is 2.16. The molecule has 2 N–H and O–H groups in total. The molecule has 0 unspecified atom stereocenters. The summed E-state index contributed by atoms with van der Waals surface area (Å²) in [7, 11) is 0. The normalized spacial score (nSPS) is 14.0. The molecule has 2 aromatic heterocycles. The van der Waals surface area contributed by atoms with Gasteiger partial charge in [0.15, 0.2) is 5.49 Å². The van der Waals surface area contributed by atoms with Crippen LogP contribution in [0.3, 0.4) is 0 Å². The molecular weight excluding hydrogens is 178 g/mol.